The van der Waals surface area contributed by atoms with Gasteiger partial charge >= 0.3 is 0 Å². The van der Waals surface area contributed by atoms with Crippen LogP contribution in [0, 0.1) is 5.92 Å². The first-order valence-corrected chi connectivity index (χ1v) is 10.3. The van der Waals surface area contributed by atoms with E-state index in [1.807, 2.05) is 70.1 Å². The van der Waals surface area contributed by atoms with Crippen LogP contribution in [0.15, 0.2) is 71.5 Å². The molecule has 5 rings (SSSR count). The Kier molecular flexibility index (Phi) is 4.51. The van der Waals surface area contributed by atoms with Crippen molar-refractivity contribution in [1.29, 1.82) is 0 Å². The first kappa shape index (κ1) is 18.2. The summed E-state index contributed by atoms with van der Waals surface area (Å²) in [5.74, 6) is 0.572. The number of pyridine rings is 1. The average molecular weight is 405 g/mol. The molecule has 2 bridgehead atoms. The molecular formula is C24H21ClN2O2. The number of piperidine rings is 1. The van der Waals surface area contributed by atoms with Crippen molar-refractivity contribution < 1.29 is 4.79 Å². The van der Waals surface area contributed by atoms with Crippen LogP contribution in [0.3, 0.4) is 0 Å². The molecule has 1 saturated heterocycles. The van der Waals surface area contributed by atoms with Gasteiger partial charge in [0.15, 0.2) is 0 Å². The number of amides is 1. The maximum atomic E-state index is 13.2. The molecule has 2 aliphatic heterocycles. The quantitative estimate of drug-likeness (QED) is 0.634. The summed E-state index contributed by atoms with van der Waals surface area (Å²) in [6, 6.07) is 20.8. The first-order chi connectivity index (χ1) is 14.1. The van der Waals surface area contributed by atoms with E-state index < -0.39 is 0 Å². The van der Waals surface area contributed by atoms with E-state index >= 15 is 0 Å². The number of halogens is 1. The minimum absolute atomic E-state index is 0.0439. The number of nitrogens with zero attached hydrogens (tertiary/aromatic N) is 2. The van der Waals surface area contributed by atoms with Crippen molar-refractivity contribution in [2.75, 3.05) is 13.1 Å². The number of rotatable bonds is 2. The summed E-state index contributed by atoms with van der Waals surface area (Å²) in [6.07, 6.45) is 1.03. The van der Waals surface area contributed by atoms with Crippen molar-refractivity contribution in [3.8, 4) is 11.1 Å². The van der Waals surface area contributed by atoms with Crippen LogP contribution in [0.4, 0.5) is 0 Å². The predicted molar refractivity (Wildman–Crippen MR) is 114 cm³/mol. The van der Waals surface area contributed by atoms with Crippen LogP contribution in [-0.2, 0) is 6.54 Å². The Balaban J connectivity index is 1.46. The monoisotopic (exact) mass is 404 g/mol. The largest absolute Gasteiger partial charge is 0.338 e. The molecule has 0 saturated carbocycles. The summed E-state index contributed by atoms with van der Waals surface area (Å²) in [6.45, 7) is 2.01. The highest BCUT2D eigenvalue weighted by Gasteiger charge is 2.36. The molecule has 1 fully saturated rings. The van der Waals surface area contributed by atoms with E-state index in [4.69, 9.17) is 11.6 Å². The average Bonchev–Trinajstić information content (AvgIpc) is 2.75. The highest BCUT2D eigenvalue weighted by atomic mass is 35.5. The molecule has 2 aliphatic rings. The van der Waals surface area contributed by atoms with Gasteiger partial charge in [0.2, 0.25) is 0 Å². The van der Waals surface area contributed by atoms with Gasteiger partial charge in [-0.3, -0.25) is 9.59 Å². The second-order valence-corrected chi connectivity index (χ2v) is 8.41. The number of aromatic nitrogens is 1. The van der Waals surface area contributed by atoms with E-state index in [0.29, 0.717) is 36.1 Å². The molecule has 2 atom stereocenters. The Morgan fingerprint density at radius 2 is 1.66 bits per heavy atom. The summed E-state index contributed by atoms with van der Waals surface area (Å²) in [5.41, 5.74) is 3.38. The zero-order valence-corrected chi connectivity index (χ0v) is 16.7. The number of fused-ring (bicyclic) bond motifs is 4. The first-order valence-electron chi connectivity index (χ1n) is 9.94. The van der Waals surface area contributed by atoms with Crippen molar-refractivity contribution in [2.45, 2.75) is 18.9 Å². The minimum Gasteiger partial charge on any atom is -0.338 e. The standard InChI is InChI=1S/C24H21ClN2O2/c25-20-8-6-17(7-9-20)21-10-11-22-19-12-16(14-27(22)24(21)29)13-26(15-19)23(28)18-4-2-1-3-5-18/h1-11,16,19H,12-15H2/t16-,19+/m0/s1. The fourth-order valence-corrected chi connectivity index (χ4v) is 4.85. The molecule has 4 nitrogen and oxygen atoms in total. The third-order valence-corrected chi connectivity index (χ3v) is 6.32. The van der Waals surface area contributed by atoms with Gasteiger partial charge in [-0.15, -0.1) is 0 Å². The van der Waals surface area contributed by atoms with Crippen molar-refractivity contribution in [1.82, 2.24) is 9.47 Å². The SMILES string of the molecule is O=C(c1ccccc1)N1C[C@@H]2C[C@H](C1)c1ccc(-c3ccc(Cl)cc3)c(=O)n1C2. The normalized spacial score (nSPS) is 20.2. The van der Waals surface area contributed by atoms with Gasteiger partial charge in [0.25, 0.3) is 11.5 Å². The third-order valence-electron chi connectivity index (χ3n) is 6.07. The van der Waals surface area contributed by atoms with Gasteiger partial charge in [-0.05, 0) is 54.3 Å². The van der Waals surface area contributed by atoms with Gasteiger partial charge < -0.3 is 9.47 Å². The molecular weight excluding hydrogens is 384 g/mol. The van der Waals surface area contributed by atoms with E-state index in [2.05, 4.69) is 6.07 Å². The van der Waals surface area contributed by atoms with Gasteiger partial charge in [-0.25, -0.2) is 0 Å². The fraction of sp³-hybridized carbons (Fsp3) is 0.250. The van der Waals surface area contributed by atoms with Gasteiger partial charge in [-0.2, -0.15) is 0 Å². The maximum absolute atomic E-state index is 13.2. The van der Waals surface area contributed by atoms with E-state index in [1.165, 1.54) is 0 Å². The van der Waals surface area contributed by atoms with E-state index in [-0.39, 0.29) is 17.4 Å². The zero-order chi connectivity index (χ0) is 20.0. The number of benzene rings is 2. The second kappa shape index (κ2) is 7.20. The molecule has 3 aromatic rings. The van der Waals surface area contributed by atoms with Crippen LogP contribution in [0.1, 0.15) is 28.4 Å². The third kappa shape index (κ3) is 3.28. The summed E-state index contributed by atoms with van der Waals surface area (Å²) < 4.78 is 1.92. The van der Waals surface area contributed by atoms with Gasteiger partial charge in [-0.1, -0.05) is 41.9 Å². The summed E-state index contributed by atoms with van der Waals surface area (Å²) in [5, 5.41) is 0.657. The lowest BCUT2D eigenvalue weighted by Crippen LogP contribution is -2.49. The molecule has 2 aromatic carbocycles. The van der Waals surface area contributed by atoms with Crippen LogP contribution >= 0.6 is 11.6 Å². The molecule has 0 N–H and O–H groups in total. The van der Waals surface area contributed by atoms with Crippen LogP contribution in [-0.4, -0.2) is 28.5 Å². The van der Waals surface area contributed by atoms with Gasteiger partial charge in [0.05, 0.1) is 0 Å². The van der Waals surface area contributed by atoms with Gasteiger partial charge in [0, 0.05) is 47.4 Å². The number of carbonyl (C=O) groups excluding carboxylic acids is 1. The highest BCUT2D eigenvalue weighted by molar-refractivity contribution is 6.30. The Morgan fingerprint density at radius 3 is 2.41 bits per heavy atom. The Morgan fingerprint density at radius 1 is 0.897 bits per heavy atom. The fourth-order valence-electron chi connectivity index (χ4n) is 4.72. The molecule has 3 heterocycles. The smallest absolute Gasteiger partial charge is 0.258 e. The van der Waals surface area contributed by atoms with Crippen LogP contribution < -0.4 is 5.56 Å². The molecule has 146 valence electrons. The Labute approximate surface area is 174 Å². The lowest BCUT2D eigenvalue weighted by molar-refractivity contribution is 0.0594. The van der Waals surface area contributed by atoms with E-state index in [1.54, 1.807) is 0 Å². The summed E-state index contributed by atoms with van der Waals surface area (Å²) in [4.78, 5) is 28.1. The van der Waals surface area contributed by atoms with E-state index in [0.717, 1.165) is 23.2 Å². The summed E-state index contributed by atoms with van der Waals surface area (Å²) >= 11 is 5.99. The van der Waals surface area contributed by atoms with Crippen molar-refractivity contribution in [2.24, 2.45) is 5.92 Å². The van der Waals surface area contributed by atoms with E-state index in [9.17, 15) is 9.59 Å². The number of carbonyl (C=O) groups is 1. The molecule has 1 amide bonds. The number of likely N-dealkylation sites (tertiary alicyclic amines) is 1. The van der Waals surface area contributed by atoms with Gasteiger partial charge in [0.1, 0.15) is 0 Å². The molecule has 0 radical (unpaired) electrons. The molecule has 1 aromatic heterocycles. The van der Waals surface area contributed by atoms with Crippen LogP contribution in [0.5, 0.6) is 0 Å². The molecule has 29 heavy (non-hydrogen) atoms. The molecule has 0 spiro atoms. The Hall–Kier alpha value is -2.85. The number of hydrogen-bond donors (Lipinski definition) is 0. The zero-order valence-electron chi connectivity index (χ0n) is 15.9. The molecule has 5 heteroatoms. The topological polar surface area (TPSA) is 42.3 Å². The maximum Gasteiger partial charge on any atom is 0.258 e. The van der Waals surface area contributed by atoms with Crippen molar-refractivity contribution >= 4 is 17.5 Å². The highest BCUT2D eigenvalue weighted by Crippen LogP contribution is 2.36. The summed E-state index contributed by atoms with van der Waals surface area (Å²) in [7, 11) is 0. The van der Waals surface area contributed by atoms with Crippen LogP contribution in [0.2, 0.25) is 5.02 Å². The van der Waals surface area contributed by atoms with Crippen molar-refractivity contribution in [3.05, 3.63) is 93.4 Å². The predicted octanol–water partition coefficient (Wildman–Crippen LogP) is 4.43. The second-order valence-electron chi connectivity index (χ2n) is 7.97. The minimum atomic E-state index is 0.0439. The van der Waals surface area contributed by atoms with Crippen molar-refractivity contribution in [3.63, 3.8) is 0 Å². The van der Waals surface area contributed by atoms with Crippen LogP contribution in [0.25, 0.3) is 11.1 Å². The molecule has 0 unspecified atom stereocenters. The lowest BCUT2D eigenvalue weighted by Gasteiger charge is -2.43. The number of hydrogen-bond acceptors (Lipinski definition) is 2. The Bertz CT molecular complexity index is 1120. The molecule has 0 aliphatic carbocycles. The lowest BCUT2D eigenvalue weighted by atomic mass is 9.82.